The fourth-order valence-electron chi connectivity index (χ4n) is 2.62. The molecule has 1 amide bonds. The Kier molecular flexibility index (Phi) is 6.40. The lowest BCUT2D eigenvalue weighted by atomic mass is 10.2. The number of hydrazone groups is 1. The number of benzene rings is 2. The van der Waals surface area contributed by atoms with Crippen LogP contribution in [0.25, 0.3) is 10.1 Å². The van der Waals surface area contributed by atoms with E-state index in [4.69, 9.17) is 9.47 Å². The summed E-state index contributed by atoms with van der Waals surface area (Å²) < 4.78 is 11.7. The van der Waals surface area contributed by atoms with Gasteiger partial charge in [-0.2, -0.15) is 5.10 Å². The first-order valence-corrected chi connectivity index (χ1v) is 9.29. The Hall–Kier alpha value is -2.90. The molecule has 2 N–H and O–H groups in total. The number of carbonyl (C=O) groups excluding carboxylic acids is 1. The van der Waals surface area contributed by atoms with Crippen LogP contribution in [0.2, 0.25) is 0 Å². The van der Waals surface area contributed by atoms with Gasteiger partial charge >= 0.3 is 0 Å². The standard InChI is InChI=1S/C20H21N3O3S/c1-25-17-8-7-14(9-18(17)26-2)10-21-12-20(24)23-22-11-15-13-27-19-6-4-3-5-16(15)19/h3-9,11,13,21H,10,12H2,1-2H3,(H,23,24)/b22-11+. The third kappa shape index (κ3) is 4.84. The Morgan fingerprint density at radius 2 is 1.96 bits per heavy atom. The molecule has 0 bridgehead atoms. The molecule has 3 aromatic rings. The lowest BCUT2D eigenvalue weighted by Crippen LogP contribution is -2.30. The minimum absolute atomic E-state index is 0.163. The second-order valence-electron chi connectivity index (χ2n) is 5.77. The van der Waals surface area contributed by atoms with E-state index in [1.54, 1.807) is 31.8 Å². The van der Waals surface area contributed by atoms with Gasteiger partial charge in [-0.25, -0.2) is 5.43 Å². The second-order valence-corrected chi connectivity index (χ2v) is 6.68. The molecular weight excluding hydrogens is 362 g/mol. The third-order valence-electron chi connectivity index (χ3n) is 3.97. The van der Waals surface area contributed by atoms with Crippen LogP contribution in [0.1, 0.15) is 11.1 Å². The van der Waals surface area contributed by atoms with Crippen LogP contribution in [0.3, 0.4) is 0 Å². The summed E-state index contributed by atoms with van der Waals surface area (Å²) in [6, 6.07) is 13.7. The molecule has 0 unspecified atom stereocenters. The van der Waals surface area contributed by atoms with Crippen molar-refractivity contribution in [1.29, 1.82) is 0 Å². The molecule has 0 radical (unpaired) electrons. The number of rotatable bonds is 8. The van der Waals surface area contributed by atoms with E-state index in [1.807, 2.05) is 41.8 Å². The van der Waals surface area contributed by atoms with E-state index < -0.39 is 0 Å². The molecule has 140 valence electrons. The van der Waals surface area contributed by atoms with E-state index in [0.29, 0.717) is 18.0 Å². The van der Waals surface area contributed by atoms with Crippen LogP contribution < -0.4 is 20.2 Å². The van der Waals surface area contributed by atoms with Crippen LogP contribution in [0.5, 0.6) is 11.5 Å². The molecule has 0 aliphatic carbocycles. The van der Waals surface area contributed by atoms with Crippen LogP contribution in [0.4, 0.5) is 0 Å². The van der Waals surface area contributed by atoms with Crippen molar-refractivity contribution in [3.05, 3.63) is 59.0 Å². The van der Waals surface area contributed by atoms with Gasteiger partial charge in [-0.3, -0.25) is 4.79 Å². The number of hydrogen-bond acceptors (Lipinski definition) is 6. The van der Waals surface area contributed by atoms with Crippen molar-refractivity contribution < 1.29 is 14.3 Å². The Balaban J connectivity index is 1.47. The van der Waals surface area contributed by atoms with E-state index in [9.17, 15) is 4.79 Å². The Bertz CT molecular complexity index is 953. The zero-order valence-electron chi connectivity index (χ0n) is 15.2. The molecule has 6 nitrogen and oxygen atoms in total. The summed E-state index contributed by atoms with van der Waals surface area (Å²) in [4.78, 5) is 11.9. The molecule has 0 aliphatic rings. The first-order valence-electron chi connectivity index (χ1n) is 8.41. The first kappa shape index (κ1) is 18.9. The predicted octanol–water partition coefficient (Wildman–Crippen LogP) is 3.16. The molecule has 2 aromatic carbocycles. The van der Waals surface area contributed by atoms with Gasteiger partial charge in [0.25, 0.3) is 5.91 Å². The summed E-state index contributed by atoms with van der Waals surface area (Å²) in [6.45, 7) is 0.697. The molecular formula is C20H21N3O3S. The van der Waals surface area contributed by atoms with Gasteiger partial charge in [0, 0.05) is 27.6 Å². The fourth-order valence-corrected chi connectivity index (χ4v) is 3.53. The number of methoxy groups -OCH3 is 2. The molecule has 0 atom stereocenters. The lowest BCUT2D eigenvalue weighted by Gasteiger charge is -2.10. The van der Waals surface area contributed by atoms with Gasteiger partial charge in [0.1, 0.15) is 0 Å². The van der Waals surface area contributed by atoms with Crippen LogP contribution in [-0.2, 0) is 11.3 Å². The van der Waals surface area contributed by atoms with Gasteiger partial charge in [-0.15, -0.1) is 11.3 Å². The van der Waals surface area contributed by atoms with Gasteiger partial charge in [-0.1, -0.05) is 24.3 Å². The molecule has 0 fully saturated rings. The number of hydrogen-bond donors (Lipinski definition) is 2. The van der Waals surface area contributed by atoms with Crippen molar-refractivity contribution in [3.63, 3.8) is 0 Å². The normalized spacial score (nSPS) is 11.0. The van der Waals surface area contributed by atoms with Crippen LogP contribution >= 0.6 is 11.3 Å². The molecule has 7 heteroatoms. The quantitative estimate of drug-likeness (QED) is 0.463. The van der Waals surface area contributed by atoms with E-state index >= 15 is 0 Å². The average molecular weight is 383 g/mol. The summed E-state index contributed by atoms with van der Waals surface area (Å²) in [5, 5.41) is 10.3. The zero-order chi connectivity index (χ0) is 19.1. The molecule has 1 aromatic heterocycles. The van der Waals surface area contributed by atoms with Crippen molar-refractivity contribution in [3.8, 4) is 11.5 Å². The van der Waals surface area contributed by atoms with Crippen LogP contribution in [0, 0.1) is 0 Å². The van der Waals surface area contributed by atoms with E-state index in [2.05, 4.69) is 21.9 Å². The molecule has 0 aliphatic heterocycles. The highest BCUT2D eigenvalue weighted by molar-refractivity contribution is 7.17. The molecule has 0 spiro atoms. The van der Waals surface area contributed by atoms with Gasteiger partial charge < -0.3 is 14.8 Å². The molecule has 0 saturated heterocycles. The Labute approximate surface area is 161 Å². The van der Waals surface area contributed by atoms with Gasteiger partial charge in [0.2, 0.25) is 0 Å². The molecule has 27 heavy (non-hydrogen) atoms. The van der Waals surface area contributed by atoms with Crippen molar-refractivity contribution in [2.45, 2.75) is 6.54 Å². The fraction of sp³-hybridized carbons (Fsp3) is 0.200. The zero-order valence-corrected chi connectivity index (χ0v) is 16.0. The van der Waals surface area contributed by atoms with E-state index in [0.717, 1.165) is 16.5 Å². The summed E-state index contributed by atoms with van der Waals surface area (Å²) in [5.74, 6) is 1.13. The summed E-state index contributed by atoms with van der Waals surface area (Å²) in [6.07, 6.45) is 1.67. The maximum absolute atomic E-state index is 11.9. The average Bonchev–Trinajstić information content (AvgIpc) is 3.11. The number of carbonyl (C=O) groups is 1. The molecule has 3 rings (SSSR count). The van der Waals surface area contributed by atoms with Gasteiger partial charge in [0.05, 0.1) is 27.0 Å². The number of nitrogens with one attached hydrogen (secondary N) is 2. The van der Waals surface area contributed by atoms with Crippen LogP contribution in [-0.4, -0.2) is 32.9 Å². The Morgan fingerprint density at radius 3 is 2.78 bits per heavy atom. The predicted molar refractivity (Wildman–Crippen MR) is 109 cm³/mol. The smallest absolute Gasteiger partial charge is 0.254 e. The Morgan fingerprint density at radius 1 is 1.15 bits per heavy atom. The second kappa shape index (κ2) is 9.16. The number of thiophene rings is 1. The number of fused-ring (bicyclic) bond motifs is 1. The topological polar surface area (TPSA) is 72.0 Å². The highest BCUT2D eigenvalue weighted by Gasteiger charge is 2.05. The summed E-state index contributed by atoms with van der Waals surface area (Å²) in [5.41, 5.74) is 4.53. The monoisotopic (exact) mass is 383 g/mol. The van der Waals surface area contributed by atoms with Crippen molar-refractivity contribution in [2.24, 2.45) is 5.10 Å². The number of ether oxygens (including phenoxy) is 2. The highest BCUT2D eigenvalue weighted by atomic mass is 32.1. The van der Waals surface area contributed by atoms with Crippen molar-refractivity contribution >= 4 is 33.5 Å². The molecule has 0 saturated carbocycles. The third-order valence-corrected chi connectivity index (χ3v) is 4.95. The van der Waals surface area contributed by atoms with Gasteiger partial charge in [0.15, 0.2) is 11.5 Å². The number of nitrogens with zero attached hydrogens (tertiary/aromatic N) is 1. The van der Waals surface area contributed by atoms with E-state index in [-0.39, 0.29) is 12.5 Å². The molecule has 1 heterocycles. The minimum atomic E-state index is -0.203. The van der Waals surface area contributed by atoms with Crippen molar-refractivity contribution in [1.82, 2.24) is 10.7 Å². The van der Waals surface area contributed by atoms with Crippen molar-refractivity contribution in [2.75, 3.05) is 20.8 Å². The summed E-state index contributed by atoms with van der Waals surface area (Å²) in [7, 11) is 3.19. The summed E-state index contributed by atoms with van der Waals surface area (Å²) >= 11 is 1.65. The highest BCUT2D eigenvalue weighted by Crippen LogP contribution is 2.27. The SMILES string of the molecule is COc1ccc(CNCC(=O)N/N=C/c2csc3ccccc23)cc1OC. The first-order chi connectivity index (χ1) is 13.2. The van der Waals surface area contributed by atoms with Crippen LogP contribution in [0.15, 0.2) is 52.9 Å². The largest absolute Gasteiger partial charge is 0.493 e. The maximum Gasteiger partial charge on any atom is 0.254 e. The lowest BCUT2D eigenvalue weighted by molar-refractivity contribution is -0.120. The number of amides is 1. The minimum Gasteiger partial charge on any atom is -0.493 e. The maximum atomic E-state index is 11.9. The van der Waals surface area contributed by atoms with Gasteiger partial charge in [-0.05, 0) is 23.8 Å². The van der Waals surface area contributed by atoms with E-state index in [1.165, 1.54) is 4.70 Å².